The molecule has 0 amide bonds. The van der Waals surface area contributed by atoms with Gasteiger partial charge in [0.05, 0.1) is 0 Å². The number of hydrogen-bond donors (Lipinski definition) is 0. The fourth-order valence-corrected chi connectivity index (χ4v) is 1.15. The van der Waals surface area contributed by atoms with Gasteiger partial charge in [0.15, 0.2) is 0 Å². The van der Waals surface area contributed by atoms with E-state index in [0.29, 0.717) is 5.46 Å². The van der Waals surface area contributed by atoms with Crippen LogP contribution in [0.4, 0.5) is 0 Å². The maximum absolute atomic E-state index is 10.5. The molecule has 1 aromatic rings. The van der Waals surface area contributed by atoms with Gasteiger partial charge in [-0.3, -0.25) is 0 Å². The molecule has 13 heavy (non-hydrogen) atoms. The molecule has 58 valence electrons. The van der Waals surface area contributed by atoms with Crippen LogP contribution in [0.5, 0.6) is 0 Å². The van der Waals surface area contributed by atoms with Crippen molar-refractivity contribution in [1.82, 2.24) is 0 Å². The third-order valence-corrected chi connectivity index (χ3v) is 1.52. The summed E-state index contributed by atoms with van der Waals surface area (Å²) in [5.41, 5.74) is 2.27. The number of hydrogen-bond acceptors (Lipinski definition) is 2. The Morgan fingerprint density at radius 3 is 1.62 bits per heavy atom. The number of aryl methyl sites for hydroxylation is 2. The fourth-order valence-electron chi connectivity index (χ4n) is 1.15. The molecule has 5 heteroatoms. The van der Waals surface area contributed by atoms with Crippen molar-refractivity contribution in [1.29, 1.82) is 0 Å². The van der Waals surface area contributed by atoms with E-state index in [4.69, 9.17) is 0 Å². The van der Waals surface area contributed by atoms with Gasteiger partial charge < -0.3 is 10.0 Å². The molecule has 0 saturated carbocycles. The zero-order valence-electron chi connectivity index (χ0n) is 8.63. The van der Waals surface area contributed by atoms with Gasteiger partial charge in [0, 0.05) is 0 Å². The van der Waals surface area contributed by atoms with E-state index in [2.05, 4.69) is 0 Å². The first-order valence-corrected chi connectivity index (χ1v) is 3.49. The Morgan fingerprint density at radius 1 is 0.923 bits per heavy atom. The van der Waals surface area contributed by atoms with E-state index in [-0.39, 0.29) is 103 Å². The Bertz CT molecular complexity index is 246. The molecule has 0 heterocycles. The van der Waals surface area contributed by atoms with Crippen molar-refractivity contribution in [2.24, 2.45) is 0 Å². The molecule has 0 aromatic heterocycles. The zero-order valence-corrected chi connectivity index (χ0v) is 14.9. The van der Waals surface area contributed by atoms with Crippen LogP contribution in [0.3, 0.4) is 0 Å². The summed E-state index contributed by atoms with van der Waals surface area (Å²) < 4.78 is 0. The van der Waals surface area contributed by atoms with Gasteiger partial charge in [-0.1, -0.05) is 36.4 Å². The van der Waals surface area contributed by atoms with Gasteiger partial charge in [-0.25, -0.2) is 0 Å². The molecule has 0 unspecified atom stereocenters. The Hall–Kier alpha value is 2.48. The number of benzene rings is 1. The van der Waals surface area contributed by atoms with Gasteiger partial charge in [0.25, 0.3) is 0 Å². The van der Waals surface area contributed by atoms with Gasteiger partial charge in [0.1, 0.15) is 0 Å². The van der Waals surface area contributed by atoms with Crippen LogP contribution >= 0.6 is 0 Å². The summed E-state index contributed by atoms with van der Waals surface area (Å²) in [7, 11) is -1.85. The van der Waals surface area contributed by atoms with Gasteiger partial charge in [0.2, 0.25) is 0 Å². The largest absolute Gasteiger partial charge is 1.00 e. The fraction of sp³-hybridized carbons (Fsp3) is 0.250. The van der Waals surface area contributed by atoms with Crippen molar-refractivity contribution < 1.29 is 113 Å². The second-order valence-electron chi connectivity index (χ2n) is 2.75. The Kier molecular flexibility index (Phi) is 11.8. The second-order valence-corrected chi connectivity index (χ2v) is 2.75. The molecule has 2 nitrogen and oxygen atoms in total. The normalized spacial score (nSPS) is 8.31. The standard InChI is InChI=1S/C8H9BO2.2K/c1-6-3-7(2)5-8(4-6)9(10)11;;/h3-5H,1-2H3;;/q-2;2*+1. The van der Waals surface area contributed by atoms with E-state index in [9.17, 15) is 10.0 Å². The van der Waals surface area contributed by atoms with Crippen molar-refractivity contribution in [3.63, 3.8) is 0 Å². The smallest absolute Gasteiger partial charge is 0.889 e. The maximum atomic E-state index is 10.5. The van der Waals surface area contributed by atoms with Crippen LogP contribution < -0.4 is 118 Å². The van der Waals surface area contributed by atoms with Gasteiger partial charge >= 0.3 is 103 Å². The van der Waals surface area contributed by atoms with Crippen molar-refractivity contribution in [2.75, 3.05) is 0 Å². The average molecular weight is 226 g/mol. The summed E-state index contributed by atoms with van der Waals surface area (Å²) in [4.78, 5) is 0. The van der Waals surface area contributed by atoms with Crippen LogP contribution in [0.2, 0.25) is 0 Å². The molecule has 0 aliphatic carbocycles. The molecule has 0 aliphatic rings. The first-order valence-electron chi connectivity index (χ1n) is 3.49. The molecule has 0 aliphatic heterocycles. The van der Waals surface area contributed by atoms with E-state index in [1.807, 2.05) is 19.9 Å². The first-order chi connectivity index (χ1) is 5.09. The first kappa shape index (κ1) is 17.9. The minimum atomic E-state index is -1.85. The minimum Gasteiger partial charge on any atom is -0.889 e. The molecule has 1 aromatic carbocycles. The van der Waals surface area contributed by atoms with Crippen LogP contribution in [0, 0.1) is 13.8 Å². The molecule has 0 N–H and O–H groups in total. The quantitative estimate of drug-likeness (QED) is 0.447. The van der Waals surface area contributed by atoms with Crippen molar-refractivity contribution in [2.45, 2.75) is 13.8 Å². The summed E-state index contributed by atoms with van der Waals surface area (Å²) in [6.07, 6.45) is 0. The third kappa shape index (κ3) is 6.60. The van der Waals surface area contributed by atoms with Crippen LogP contribution in [0.1, 0.15) is 11.1 Å². The van der Waals surface area contributed by atoms with Gasteiger partial charge in [-0.05, 0) is 13.8 Å². The Labute approximate surface area is 164 Å². The summed E-state index contributed by atoms with van der Waals surface area (Å²) in [5.74, 6) is 0. The molecular weight excluding hydrogens is 217 g/mol. The van der Waals surface area contributed by atoms with Gasteiger partial charge in [-0.15, -0.1) is 5.46 Å². The molecule has 0 fully saturated rings. The summed E-state index contributed by atoms with van der Waals surface area (Å²) >= 11 is 0. The topological polar surface area (TPSA) is 46.1 Å². The molecule has 0 saturated heterocycles. The molecule has 0 radical (unpaired) electrons. The predicted molar refractivity (Wildman–Crippen MR) is 41.3 cm³/mol. The van der Waals surface area contributed by atoms with E-state index in [0.717, 1.165) is 11.1 Å². The Morgan fingerprint density at radius 2 is 1.31 bits per heavy atom. The van der Waals surface area contributed by atoms with Crippen LogP contribution in [-0.4, -0.2) is 7.12 Å². The van der Waals surface area contributed by atoms with Crippen molar-refractivity contribution in [3.8, 4) is 0 Å². The van der Waals surface area contributed by atoms with E-state index in [1.165, 1.54) is 0 Å². The third-order valence-electron chi connectivity index (χ3n) is 1.52. The number of rotatable bonds is 1. The molecule has 0 bridgehead atoms. The van der Waals surface area contributed by atoms with Crippen LogP contribution in [-0.2, 0) is 0 Å². The van der Waals surface area contributed by atoms with Crippen molar-refractivity contribution in [3.05, 3.63) is 29.3 Å². The predicted octanol–water partition coefficient (Wildman–Crippen LogP) is -7.27. The summed E-state index contributed by atoms with van der Waals surface area (Å²) in [6.45, 7) is 3.75. The monoisotopic (exact) mass is 226 g/mol. The molecule has 0 atom stereocenters. The molecular formula is C8H9BK2O2. The average Bonchev–Trinajstić information content (AvgIpc) is 1.85. The van der Waals surface area contributed by atoms with E-state index < -0.39 is 7.12 Å². The van der Waals surface area contributed by atoms with Crippen LogP contribution in [0.25, 0.3) is 0 Å². The molecule has 0 spiro atoms. The van der Waals surface area contributed by atoms with E-state index in [1.54, 1.807) is 12.1 Å². The SMILES string of the molecule is Cc1cc(C)cc(B([O-])[O-])c1.[K+].[K+]. The maximum Gasteiger partial charge on any atom is 1.00 e. The van der Waals surface area contributed by atoms with E-state index >= 15 is 0 Å². The van der Waals surface area contributed by atoms with Gasteiger partial charge in [-0.2, -0.15) is 0 Å². The second kappa shape index (κ2) is 8.61. The summed E-state index contributed by atoms with van der Waals surface area (Å²) in [6, 6.07) is 5.21. The Balaban J connectivity index is 0. The summed E-state index contributed by atoms with van der Waals surface area (Å²) in [5, 5.41) is 21.0. The van der Waals surface area contributed by atoms with Crippen LogP contribution in [0.15, 0.2) is 18.2 Å². The minimum absolute atomic E-state index is 0. The molecule has 1 rings (SSSR count). The zero-order chi connectivity index (χ0) is 8.43. The van der Waals surface area contributed by atoms with Crippen molar-refractivity contribution >= 4 is 12.6 Å².